The van der Waals surface area contributed by atoms with Crippen molar-refractivity contribution in [3.63, 3.8) is 0 Å². The summed E-state index contributed by atoms with van der Waals surface area (Å²) in [6, 6.07) is 4.12. The molecule has 3 N–H and O–H groups in total. The zero-order chi connectivity index (χ0) is 14.9. The van der Waals surface area contributed by atoms with Gasteiger partial charge in [-0.1, -0.05) is 11.6 Å². The highest BCUT2D eigenvalue weighted by Gasteiger charge is 2.35. The first-order valence-electron chi connectivity index (χ1n) is 6.09. The van der Waals surface area contributed by atoms with E-state index in [1.807, 2.05) is 0 Å². The number of rotatable bonds is 2. The number of hydrogen-bond acceptors (Lipinski definition) is 4. The molecule has 6 nitrogen and oxygen atoms in total. The number of aliphatic carboxylic acids is 1. The lowest BCUT2D eigenvalue weighted by Gasteiger charge is -2.34. The fourth-order valence-corrected chi connectivity index (χ4v) is 2.43. The number of piperidine rings is 1. The van der Waals surface area contributed by atoms with Crippen molar-refractivity contribution in [1.82, 2.24) is 4.90 Å². The maximum atomic E-state index is 12.2. The number of likely N-dealkylation sites (tertiary alicyclic amines) is 1. The second-order valence-electron chi connectivity index (χ2n) is 4.71. The third-order valence-electron chi connectivity index (χ3n) is 3.38. The largest absolute Gasteiger partial charge is 0.507 e. The first kappa shape index (κ1) is 14.6. The van der Waals surface area contributed by atoms with Crippen LogP contribution in [0, 0.1) is 5.92 Å². The van der Waals surface area contributed by atoms with Crippen LogP contribution >= 0.6 is 11.6 Å². The van der Waals surface area contributed by atoms with Crippen molar-refractivity contribution in [3.05, 3.63) is 28.8 Å². The first-order chi connectivity index (χ1) is 9.40. The molecule has 108 valence electrons. The van der Waals surface area contributed by atoms with Gasteiger partial charge in [0.2, 0.25) is 0 Å². The van der Waals surface area contributed by atoms with Gasteiger partial charge in [-0.15, -0.1) is 0 Å². The summed E-state index contributed by atoms with van der Waals surface area (Å²) in [4.78, 5) is 24.4. The summed E-state index contributed by atoms with van der Waals surface area (Å²) in [7, 11) is 0. The van der Waals surface area contributed by atoms with Gasteiger partial charge in [-0.25, -0.2) is 0 Å². The number of benzene rings is 1. The lowest BCUT2D eigenvalue weighted by molar-refractivity contribution is -0.148. The number of phenols is 1. The second-order valence-corrected chi connectivity index (χ2v) is 5.15. The third-order valence-corrected chi connectivity index (χ3v) is 3.61. The van der Waals surface area contributed by atoms with Crippen LogP contribution in [-0.2, 0) is 4.79 Å². The molecule has 1 aliphatic heterocycles. The van der Waals surface area contributed by atoms with Crippen molar-refractivity contribution in [2.24, 2.45) is 5.92 Å². The number of β-amino-alcohol motifs (C(OH)–C–C–N with tert-alkyl or cyclic N) is 1. The van der Waals surface area contributed by atoms with E-state index in [4.69, 9.17) is 16.7 Å². The van der Waals surface area contributed by atoms with Gasteiger partial charge >= 0.3 is 5.97 Å². The van der Waals surface area contributed by atoms with Crippen LogP contribution in [0.2, 0.25) is 5.02 Å². The van der Waals surface area contributed by atoms with Crippen molar-refractivity contribution >= 4 is 23.5 Å². The molecule has 1 amide bonds. The fourth-order valence-electron chi connectivity index (χ4n) is 2.25. The Balaban J connectivity index is 2.15. The van der Waals surface area contributed by atoms with Gasteiger partial charge in [0.15, 0.2) is 0 Å². The van der Waals surface area contributed by atoms with Gasteiger partial charge in [0.25, 0.3) is 5.91 Å². The normalized spacial score (nSPS) is 22.6. The van der Waals surface area contributed by atoms with Crippen molar-refractivity contribution in [1.29, 1.82) is 0 Å². The Labute approximate surface area is 120 Å². The predicted molar refractivity (Wildman–Crippen MR) is 70.8 cm³/mol. The maximum Gasteiger partial charge on any atom is 0.309 e. The molecule has 2 atom stereocenters. The molecule has 1 saturated heterocycles. The smallest absolute Gasteiger partial charge is 0.309 e. The van der Waals surface area contributed by atoms with Gasteiger partial charge < -0.3 is 20.2 Å². The SMILES string of the molecule is O=C(O)[C@H]1CCN(C(=O)c2cc(Cl)ccc2O)C[C@H]1O. The number of halogens is 1. The fraction of sp³-hybridized carbons (Fsp3) is 0.385. The average Bonchev–Trinajstić information content (AvgIpc) is 2.40. The molecule has 0 unspecified atom stereocenters. The van der Waals surface area contributed by atoms with Gasteiger partial charge in [0, 0.05) is 18.1 Å². The Morgan fingerprint density at radius 1 is 1.35 bits per heavy atom. The summed E-state index contributed by atoms with van der Waals surface area (Å²) in [5.41, 5.74) is 0.0403. The Kier molecular flexibility index (Phi) is 4.15. The Hall–Kier alpha value is -1.79. The molecule has 0 aromatic heterocycles. The van der Waals surface area contributed by atoms with Crippen LogP contribution in [0.5, 0.6) is 5.75 Å². The zero-order valence-corrected chi connectivity index (χ0v) is 11.2. The maximum absolute atomic E-state index is 12.2. The van der Waals surface area contributed by atoms with Crippen LogP contribution in [0.4, 0.5) is 0 Å². The number of carbonyl (C=O) groups excluding carboxylic acids is 1. The van der Waals surface area contributed by atoms with Crippen LogP contribution in [0.25, 0.3) is 0 Å². The van der Waals surface area contributed by atoms with Crippen LogP contribution in [0.15, 0.2) is 18.2 Å². The van der Waals surface area contributed by atoms with Crippen molar-refractivity contribution in [2.45, 2.75) is 12.5 Å². The van der Waals surface area contributed by atoms with Gasteiger partial charge in [-0.3, -0.25) is 9.59 Å². The third kappa shape index (κ3) is 2.86. The Morgan fingerprint density at radius 3 is 2.65 bits per heavy atom. The van der Waals surface area contributed by atoms with Crippen LogP contribution in [0.3, 0.4) is 0 Å². The molecule has 0 saturated carbocycles. The lowest BCUT2D eigenvalue weighted by Crippen LogP contribution is -2.48. The van der Waals surface area contributed by atoms with Gasteiger partial charge in [-0.2, -0.15) is 0 Å². The molecule has 1 aromatic rings. The number of amides is 1. The molecule has 1 heterocycles. The van der Waals surface area contributed by atoms with E-state index in [1.165, 1.54) is 23.1 Å². The predicted octanol–water partition coefficient (Wildman–Crippen LogP) is 0.953. The number of aliphatic hydroxyl groups is 1. The van der Waals surface area contributed by atoms with E-state index in [9.17, 15) is 19.8 Å². The standard InChI is InChI=1S/C13H14ClNO5/c14-7-1-2-10(16)9(5-7)12(18)15-4-3-8(13(19)20)11(17)6-15/h1-2,5,8,11,16-17H,3-4,6H2,(H,19,20)/t8-,11+/m0/s1. The highest BCUT2D eigenvalue weighted by atomic mass is 35.5. The summed E-state index contributed by atoms with van der Waals surface area (Å²) in [6.07, 6.45) is -0.949. The van der Waals surface area contributed by atoms with E-state index in [2.05, 4.69) is 0 Å². The topological polar surface area (TPSA) is 98.1 Å². The van der Waals surface area contributed by atoms with Crippen LogP contribution < -0.4 is 0 Å². The lowest BCUT2D eigenvalue weighted by atomic mass is 9.93. The number of aliphatic hydroxyl groups excluding tert-OH is 1. The molecule has 20 heavy (non-hydrogen) atoms. The quantitative estimate of drug-likeness (QED) is 0.755. The van der Waals surface area contributed by atoms with E-state index < -0.39 is 23.9 Å². The number of nitrogens with zero attached hydrogens (tertiary/aromatic N) is 1. The Morgan fingerprint density at radius 2 is 2.05 bits per heavy atom. The molecule has 2 rings (SSSR count). The molecular weight excluding hydrogens is 286 g/mol. The monoisotopic (exact) mass is 299 g/mol. The molecule has 0 radical (unpaired) electrons. The molecule has 1 aromatic carbocycles. The zero-order valence-electron chi connectivity index (χ0n) is 10.5. The number of phenolic OH excluding ortho intramolecular Hbond substituents is 1. The number of hydrogen-bond donors (Lipinski definition) is 3. The summed E-state index contributed by atoms with van der Waals surface area (Å²) in [6.45, 7) is 0.126. The van der Waals surface area contributed by atoms with Gasteiger partial charge in [-0.05, 0) is 24.6 Å². The number of carbonyl (C=O) groups is 2. The van der Waals surface area contributed by atoms with Gasteiger partial charge in [0.1, 0.15) is 5.75 Å². The average molecular weight is 300 g/mol. The first-order valence-corrected chi connectivity index (χ1v) is 6.46. The molecule has 0 spiro atoms. The van der Waals surface area contributed by atoms with E-state index in [1.54, 1.807) is 0 Å². The van der Waals surface area contributed by atoms with Crippen molar-refractivity contribution in [2.75, 3.05) is 13.1 Å². The highest BCUT2D eigenvalue weighted by molar-refractivity contribution is 6.31. The summed E-state index contributed by atoms with van der Waals surface area (Å²) in [5, 5.41) is 28.7. The molecule has 7 heteroatoms. The minimum atomic E-state index is -1.12. The second kappa shape index (κ2) is 5.68. The van der Waals surface area contributed by atoms with E-state index in [0.717, 1.165) is 0 Å². The molecule has 0 aliphatic carbocycles. The highest BCUT2D eigenvalue weighted by Crippen LogP contribution is 2.25. The van der Waals surface area contributed by atoms with Gasteiger partial charge in [0.05, 0.1) is 17.6 Å². The minimum absolute atomic E-state index is 0.0403. The van der Waals surface area contributed by atoms with Crippen LogP contribution in [0.1, 0.15) is 16.8 Å². The van der Waals surface area contributed by atoms with E-state index >= 15 is 0 Å². The number of aromatic hydroxyl groups is 1. The van der Waals surface area contributed by atoms with Crippen LogP contribution in [-0.4, -0.2) is 51.3 Å². The van der Waals surface area contributed by atoms with E-state index in [-0.39, 0.29) is 30.8 Å². The molecule has 1 fully saturated rings. The molecule has 1 aliphatic rings. The van der Waals surface area contributed by atoms with E-state index in [0.29, 0.717) is 5.02 Å². The Bertz CT molecular complexity index is 548. The van der Waals surface area contributed by atoms with Crippen molar-refractivity contribution < 1.29 is 24.9 Å². The van der Waals surface area contributed by atoms with Crippen molar-refractivity contribution in [3.8, 4) is 5.75 Å². The summed E-state index contributed by atoms with van der Waals surface area (Å²) in [5.74, 6) is -2.62. The summed E-state index contributed by atoms with van der Waals surface area (Å²) >= 11 is 5.78. The summed E-state index contributed by atoms with van der Waals surface area (Å²) < 4.78 is 0. The molecular formula is C13H14ClNO5. The number of carboxylic acids is 1. The minimum Gasteiger partial charge on any atom is -0.507 e. The number of carboxylic acid groups (broad SMARTS) is 1. The molecule has 0 bridgehead atoms.